The van der Waals surface area contributed by atoms with E-state index >= 15 is 0 Å². The Morgan fingerprint density at radius 1 is 1.33 bits per heavy atom. The van der Waals surface area contributed by atoms with Crippen molar-refractivity contribution in [1.82, 2.24) is 5.32 Å². The summed E-state index contributed by atoms with van der Waals surface area (Å²) in [6, 6.07) is 7.81. The van der Waals surface area contributed by atoms with Crippen LogP contribution in [0.5, 0.6) is 5.75 Å². The third-order valence-corrected chi connectivity index (χ3v) is 3.71. The molecule has 1 unspecified atom stereocenters. The molecule has 1 aromatic rings. The number of rotatable bonds is 8. The molecule has 0 aliphatic heterocycles. The van der Waals surface area contributed by atoms with Crippen molar-refractivity contribution in [1.29, 1.82) is 0 Å². The van der Waals surface area contributed by atoms with Crippen LogP contribution in [0.15, 0.2) is 28.7 Å². The second kappa shape index (κ2) is 7.77. The summed E-state index contributed by atoms with van der Waals surface area (Å²) in [5, 5.41) is 12.5. The Balaban J connectivity index is 2.27. The maximum atomic E-state index is 9.02. The number of hydrogen-bond donors (Lipinski definition) is 2. The lowest BCUT2D eigenvalue weighted by atomic mass is 9.95. The summed E-state index contributed by atoms with van der Waals surface area (Å²) in [7, 11) is 0. The zero-order valence-electron chi connectivity index (χ0n) is 11.1. The van der Waals surface area contributed by atoms with Crippen molar-refractivity contribution >= 4 is 15.9 Å². The summed E-state index contributed by atoms with van der Waals surface area (Å²) in [5.41, 5.74) is -0.00216. The molecule has 1 aromatic carbocycles. The second-order valence-corrected chi connectivity index (χ2v) is 5.53. The standard InChI is InChI=1S/C14H22BrNO2/c1-3-14(2,8-10-17)16-9-11-18-13-6-4-12(15)5-7-13/h4-7,16-17H,3,8-11H2,1-2H3. The number of aliphatic hydroxyl groups is 1. The van der Waals surface area contributed by atoms with Crippen LogP contribution in [0.3, 0.4) is 0 Å². The molecule has 0 aliphatic rings. The number of hydrogen-bond acceptors (Lipinski definition) is 3. The maximum Gasteiger partial charge on any atom is 0.119 e. The van der Waals surface area contributed by atoms with Gasteiger partial charge in [-0.1, -0.05) is 22.9 Å². The topological polar surface area (TPSA) is 41.5 Å². The van der Waals surface area contributed by atoms with E-state index in [0.29, 0.717) is 6.61 Å². The Bertz CT molecular complexity index is 342. The number of aliphatic hydroxyl groups excluding tert-OH is 1. The van der Waals surface area contributed by atoms with Crippen LogP contribution in [0.4, 0.5) is 0 Å². The summed E-state index contributed by atoms with van der Waals surface area (Å²) in [6.07, 6.45) is 1.76. The van der Waals surface area contributed by atoms with E-state index in [1.807, 2.05) is 24.3 Å². The molecule has 18 heavy (non-hydrogen) atoms. The first-order valence-electron chi connectivity index (χ1n) is 6.34. The van der Waals surface area contributed by atoms with Crippen LogP contribution in [0.25, 0.3) is 0 Å². The average molecular weight is 316 g/mol. The highest BCUT2D eigenvalue weighted by atomic mass is 79.9. The lowest BCUT2D eigenvalue weighted by Gasteiger charge is -2.29. The maximum absolute atomic E-state index is 9.02. The van der Waals surface area contributed by atoms with Crippen molar-refractivity contribution in [2.24, 2.45) is 0 Å². The molecule has 0 spiro atoms. The normalized spacial score (nSPS) is 14.2. The van der Waals surface area contributed by atoms with Gasteiger partial charge in [0.05, 0.1) is 0 Å². The van der Waals surface area contributed by atoms with E-state index in [0.717, 1.165) is 29.6 Å². The van der Waals surface area contributed by atoms with Gasteiger partial charge in [-0.2, -0.15) is 0 Å². The van der Waals surface area contributed by atoms with E-state index in [4.69, 9.17) is 9.84 Å². The molecule has 0 radical (unpaired) electrons. The molecule has 0 amide bonds. The van der Waals surface area contributed by atoms with Gasteiger partial charge in [0.2, 0.25) is 0 Å². The van der Waals surface area contributed by atoms with Crippen LogP contribution >= 0.6 is 15.9 Å². The number of nitrogens with one attached hydrogen (secondary N) is 1. The Labute approximate surface area is 118 Å². The fourth-order valence-corrected chi connectivity index (χ4v) is 1.95. The van der Waals surface area contributed by atoms with Gasteiger partial charge in [0, 0.05) is 23.2 Å². The van der Waals surface area contributed by atoms with Crippen LogP contribution in [0.2, 0.25) is 0 Å². The lowest BCUT2D eigenvalue weighted by molar-refractivity contribution is 0.204. The summed E-state index contributed by atoms with van der Waals surface area (Å²) in [6.45, 7) is 5.87. The molecule has 0 heterocycles. The largest absolute Gasteiger partial charge is 0.492 e. The highest BCUT2D eigenvalue weighted by Gasteiger charge is 2.19. The SMILES string of the molecule is CCC(C)(CCO)NCCOc1ccc(Br)cc1. The smallest absolute Gasteiger partial charge is 0.119 e. The first-order chi connectivity index (χ1) is 8.59. The second-order valence-electron chi connectivity index (χ2n) is 4.62. The molecule has 0 saturated heterocycles. The van der Waals surface area contributed by atoms with E-state index in [-0.39, 0.29) is 12.1 Å². The highest BCUT2D eigenvalue weighted by Crippen LogP contribution is 2.16. The van der Waals surface area contributed by atoms with Crippen LogP contribution < -0.4 is 10.1 Å². The fraction of sp³-hybridized carbons (Fsp3) is 0.571. The van der Waals surface area contributed by atoms with Gasteiger partial charge in [0.1, 0.15) is 12.4 Å². The first-order valence-corrected chi connectivity index (χ1v) is 7.13. The van der Waals surface area contributed by atoms with Gasteiger partial charge in [0.15, 0.2) is 0 Å². The molecular formula is C14H22BrNO2. The van der Waals surface area contributed by atoms with Gasteiger partial charge in [-0.3, -0.25) is 0 Å². The summed E-state index contributed by atoms with van der Waals surface area (Å²) < 4.78 is 6.68. The molecule has 2 N–H and O–H groups in total. The zero-order chi connectivity index (χ0) is 13.4. The molecule has 0 fully saturated rings. The van der Waals surface area contributed by atoms with Crippen molar-refractivity contribution < 1.29 is 9.84 Å². The average Bonchev–Trinajstić information content (AvgIpc) is 2.37. The van der Waals surface area contributed by atoms with E-state index in [2.05, 4.69) is 35.1 Å². The molecule has 0 saturated carbocycles. The van der Waals surface area contributed by atoms with Crippen LogP contribution in [0.1, 0.15) is 26.7 Å². The van der Waals surface area contributed by atoms with Crippen LogP contribution in [0, 0.1) is 0 Å². The molecule has 3 nitrogen and oxygen atoms in total. The van der Waals surface area contributed by atoms with E-state index in [9.17, 15) is 0 Å². The minimum absolute atomic E-state index is 0.00216. The number of benzene rings is 1. The van der Waals surface area contributed by atoms with Crippen molar-refractivity contribution in [3.05, 3.63) is 28.7 Å². The van der Waals surface area contributed by atoms with Gasteiger partial charge < -0.3 is 15.2 Å². The van der Waals surface area contributed by atoms with Crippen molar-refractivity contribution in [3.63, 3.8) is 0 Å². The zero-order valence-corrected chi connectivity index (χ0v) is 12.7. The quantitative estimate of drug-likeness (QED) is 0.725. The Morgan fingerprint density at radius 3 is 2.56 bits per heavy atom. The minimum Gasteiger partial charge on any atom is -0.492 e. The predicted molar refractivity (Wildman–Crippen MR) is 78.0 cm³/mol. The van der Waals surface area contributed by atoms with E-state index in [1.54, 1.807) is 0 Å². The highest BCUT2D eigenvalue weighted by molar-refractivity contribution is 9.10. The van der Waals surface area contributed by atoms with Crippen LogP contribution in [-0.4, -0.2) is 30.4 Å². The molecule has 1 atom stereocenters. The monoisotopic (exact) mass is 315 g/mol. The Kier molecular flexibility index (Phi) is 6.68. The third-order valence-electron chi connectivity index (χ3n) is 3.18. The number of halogens is 1. The predicted octanol–water partition coefficient (Wildman–Crippen LogP) is 2.97. The molecule has 4 heteroatoms. The Hall–Kier alpha value is -0.580. The van der Waals surface area contributed by atoms with Crippen LogP contribution in [-0.2, 0) is 0 Å². The van der Waals surface area contributed by atoms with E-state index < -0.39 is 0 Å². The molecule has 1 rings (SSSR count). The fourth-order valence-electron chi connectivity index (χ4n) is 1.69. The summed E-state index contributed by atoms with van der Waals surface area (Å²) >= 11 is 3.39. The number of ether oxygens (including phenoxy) is 1. The molecule has 102 valence electrons. The van der Waals surface area contributed by atoms with Crippen molar-refractivity contribution in [3.8, 4) is 5.75 Å². The lowest BCUT2D eigenvalue weighted by Crippen LogP contribution is -2.44. The third kappa shape index (κ3) is 5.38. The van der Waals surface area contributed by atoms with Crippen molar-refractivity contribution in [2.45, 2.75) is 32.2 Å². The van der Waals surface area contributed by atoms with Gasteiger partial charge in [-0.05, 0) is 44.0 Å². The summed E-state index contributed by atoms with van der Waals surface area (Å²) in [5.74, 6) is 0.875. The van der Waals surface area contributed by atoms with Gasteiger partial charge in [-0.15, -0.1) is 0 Å². The van der Waals surface area contributed by atoms with Gasteiger partial charge in [0.25, 0.3) is 0 Å². The van der Waals surface area contributed by atoms with E-state index in [1.165, 1.54) is 0 Å². The molecule has 0 aliphatic carbocycles. The minimum atomic E-state index is -0.00216. The van der Waals surface area contributed by atoms with Gasteiger partial charge in [-0.25, -0.2) is 0 Å². The first kappa shape index (κ1) is 15.5. The Morgan fingerprint density at radius 2 is 2.00 bits per heavy atom. The summed E-state index contributed by atoms with van der Waals surface area (Å²) in [4.78, 5) is 0. The van der Waals surface area contributed by atoms with Gasteiger partial charge >= 0.3 is 0 Å². The molecular weight excluding hydrogens is 294 g/mol. The molecule has 0 aromatic heterocycles. The molecule has 0 bridgehead atoms. The van der Waals surface area contributed by atoms with Crippen molar-refractivity contribution in [2.75, 3.05) is 19.8 Å².